The topological polar surface area (TPSA) is 86.8 Å². The van der Waals surface area contributed by atoms with Crippen molar-refractivity contribution in [3.8, 4) is 0 Å². The molecule has 8 heteroatoms. The normalized spacial score (nSPS) is 15.2. The number of carbonyl (C=O) groups excluding carboxylic acids is 1. The van der Waals surface area contributed by atoms with Gasteiger partial charge in [0.15, 0.2) is 11.1 Å². The average molecular weight is 372 g/mol. The van der Waals surface area contributed by atoms with Gasteiger partial charge in [-0.1, -0.05) is 12.1 Å². The highest BCUT2D eigenvalue weighted by molar-refractivity contribution is 7.13. The fourth-order valence-electron chi connectivity index (χ4n) is 2.91. The zero-order valence-corrected chi connectivity index (χ0v) is 15.7. The maximum atomic E-state index is 11.7. The van der Waals surface area contributed by atoms with Gasteiger partial charge in [-0.05, 0) is 24.1 Å². The van der Waals surface area contributed by atoms with E-state index >= 15 is 0 Å². The minimum Gasteiger partial charge on any atom is -0.370 e. The zero-order chi connectivity index (χ0) is 18.4. The highest BCUT2D eigenvalue weighted by Gasteiger charge is 2.19. The number of nitrogens with one attached hydrogen (secondary N) is 1. The fraction of sp³-hybridized carbons (Fsp3) is 0.389. The lowest BCUT2D eigenvalue weighted by molar-refractivity contribution is 0.0963. The Kier molecular flexibility index (Phi) is 6.06. The summed E-state index contributed by atoms with van der Waals surface area (Å²) in [6.07, 6.45) is 2.59. The number of rotatable bonds is 5. The van der Waals surface area contributed by atoms with Crippen molar-refractivity contribution in [1.29, 1.82) is 0 Å². The third-order valence-corrected chi connectivity index (χ3v) is 5.22. The lowest BCUT2D eigenvalue weighted by Gasteiger charge is -2.35. The highest BCUT2D eigenvalue weighted by Crippen LogP contribution is 2.18. The Morgan fingerprint density at radius 2 is 2.15 bits per heavy atom. The van der Waals surface area contributed by atoms with E-state index in [0.717, 1.165) is 43.3 Å². The number of piperazine rings is 1. The van der Waals surface area contributed by atoms with Crippen molar-refractivity contribution in [3.05, 3.63) is 47.0 Å². The molecule has 1 saturated heterocycles. The lowest BCUT2D eigenvalue weighted by atomic mass is 10.1. The monoisotopic (exact) mass is 372 g/mol. The number of amides is 1. The second kappa shape index (κ2) is 8.66. The molecule has 138 valence electrons. The summed E-state index contributed by atoms with van der Waals surface area (Å²) in [5.74, 6) is 0.513. The summed E-state index contributed by atoms with van der Waals surface area (Å²) < 4.78 is 0. The molecule has 0 spiro atoms. The number of carbonyl (C=O) groups is 1. The summed E-state index contributed by atoms with van der Waals surface area (Å²) in [7, 11) is 1.63. The lowest BCUT2D eigenvalue weighted by Crippen LogP contribution is -2.51. The molecule has 0 unspecified atom stereocenters. The largest absolute Gasteiger partial charge is 0.370 e. The summed E-state index contributed by atoms with van der Waals surface area (Å²) in [6, 6.07) is 7.61. The first-order chi connectivity index (χ1) is 12.7. The smallest absolute Gasteiger partial charge is 0.251 e. The molecule has 0 bridgehead atoms. The Labute approximate surface area is 157 Å². The van der Waals surface area contributed by atoms with Crippen LogP contribution in [0.15, 0.2) is 40.8 Å². The van der Waals surface area contributed by atoms with Gasteiger partial charge in [0.1, 0.15) is 0 Å². The van der Waals surface area contributed by atoms with Gasteiger partial charge in [-0.3, -0.25) is 9.79 Å². The second-order valence-corrected chi connectivity index (χ2v) is 6.93. The van der Waals surface area contributed by atoms with E-state index in [1.165, 1.54) is 0 Å². The van der Waals surface area contributed by atoms with Crippen LogP contribution >= 0.6 is 11.3 Å². The number of hydrogen-bond donors (Lipinski definition) is 2. The maximum Gasteiger partial charge on any atom is 0.251 e. The quantitative estimate of drug-likeness (QED) is 0.608. The Balaban J connectivity index is 1.49. The van der Waals surface area contributed by atoms with E-state index in [1.807, 2.05) is 35.8 Å². The Bertz CT molecular complexity index is 753. The van der Waals surface area contributed by atoms with Gasteiger partial charge < -0.3 is 20.9 Å². The van der Waals surface area contributed by atoms with Gasteiger partial charge in [0, 0.05) is 56.9 Å². The summed E-state index contributed by atoms with van der Waals surface area (Å²) in [4.78, 5) is 25.0. The Morgan fingerprint density at radius 1 is 1.35 bits per heavy atom. The first-order valence-corrected chi connectivity index (χ1v) is 9.55. The molecule has 1 fully saturated rings. The molecule has 26 heavy (non-hydrogen) atoms. The summed E-state index contributed by atoms with van der Waals surface area (Å²) in [5, 5.41) is 5.70. The summed E-state index contributed by atoms with van der Waals surface area (Å²) in [5.41, 5.74) is 7.90. The molecular weight excluding hydrogens is 348 g/mol. The number of nitrogens with zero attached hydrogens (tertiary/aromatic N) is 4. The van der Waals surface area contributed by atoms with Crippen LogP contribution in [0, 0.1) is 0 Å². The van der Waals surface area contributed by atoms with Crippen molar-refractivity contribution >= 4 is 28.3 Å². The molecule has 1 aliphatic rings. The predicted octanol–water partition coefficient (Wildman–Crippen LogP) is 1.18. The third-order valence-electron chi connectivity index (χ3n) is 4.38. The molecule has 3 N–H and O–H groups in total. The predicted molar refractivity (Wildman–Crippen MR) is 106 cm³/mol. The fourth-order valence-corrected chi connectivity index (χ4v) is 3.61. The first kappa shape index (κ1) is 18.2. The standard InChI is InChI=1S/C18H24N6OS/c1-20-16(25)15-4-2-3-14(13-15)5-6-21-17(19)23-8-10-24(11-9-23)18-22-7-12-26-18/h2-4,7,12-13H,5-6,8-11H2,1H3,(H2,19,21)(H,20,25). The average Bonchev–Trinajstić information content (AvgIpc) is 3.22. The molecule has 0 radical (unpaired) electrons. The summed E-state index contributed by atoms with van der Waals surface area (Å²) in [6.45, 7) is 4.10. The number of thiazole rings is 1. The number of guanidine groups is 1. The van der Waals surface area contributed by atoms with Crippen LogP contribution in [0.5, 0.6) is 0 Å². The number of hydrogen-bond acceptors (Lipinski definition) is 5. The van der Waals surface area contributed by atoms with Crippen LogP contribution in [0.4, 0.5) is 5.13 Å². The minimum absolute atomic E-state index is 0.0760. The molecule has 7 nitrogen and oxygen atoms in total. The van der Waals surface area contributed by atoms with Gasteiger partial charge in [0.05, 0.1) is 0 Å². The molecule has 1 aromatic heterocycles. The van der Waals surface area contributed by atoms with E-state index in [1.54, 1.807) is 18.4 Å². The van der Waals surface area contributed by atoms with Gasteiger partial charge in [-0.2, -0.15) is 0 Å². The van der Waals surface area contributed by atoms with Crippen LogP contribution in [0.25, 0.3) is 0 Å². The van der Waals surface area contributed by atoms with Gasteiger partial charge in [-0.15, -0.1) is 11.3 Å². The molecule has 0 saturated carbocycles. The van der Waals surface area contributed by atoms with Gasteiger partial charge >= 0.3 is 0 Å². The number of anilines is 1. The van der Waals surface area contributed by atoms with E-state index < -0.39 is 0 Å². The molecule has 0 atom stereocenters. The SMILES string of the molecule is CNC(=O)c1cccc(CCN=C(N)N2CCN(c3nccs3)CC2)c1. The van der Waals surface area contributed by atoms with E-state index in [-0.39, 0.29) is 5.91 Å². The van der Waals surface area contributed by atoms with Crippen LogP contribution < -0.4 is 16.0 Å². The molecule has 0 aliphatic carbocycles. The molecule has 2 aromatic rings. The number of aromatic nitrogens is 1. The number of nitrogens with two attached hydrogens (primary N) is 1. The third kappa shape index (κ3) is 4.51. The summed E-state index contributed by atoms with van der Waals surface area (Å²) >= 11 is 1.66. The molecule has 2 heterocycles. The van der Waals surface area contributed by atoms with Crippen LogP contribution in [-0.4, -0.2) is 61.5 Å². The van der Waals surface area contributed by atoms with Crippen molar-refractivity contribution < 1.29 is 4.79 Å². The van der Waals surface area contributed by atoms with Crippen LogP contribution in [0.2, 0.25) is 0 Å². The molecule has 1 aromatic carbocycles. The van der Waals surface area contributed by atoms with E-state index in [4.69, 9.17) is 5.73 Å². The first-order valence-electron chi connectivity index (χ1n) is 8.67. The van der Waals surface area contributed by atoms with Crippen LogP contribution in [-0.2, 0) is 6.42 Å². The second-order valence-electron chi connectivity index (χ2n) is 6.06. The maximum absolute atomic E-state index is 11.7. The zero-order valence-electron chi connectivity index (χ0n) is 14.9. The molecule has 1 aliphatic heterocycles. The van der Waals surface area contributed by atoms with Crippen molar-refractivity contribution in [2.75, 3.05) is 44.7 Å². The van der Waals surface area contributed by atoms with Crippen molar-refractivity contribution in [2.24, 2.45) is 10.7 Å². The molecular formula is C18H24N6OS. The van der Waals surface area contributed by atoms with Gasteiger partial charge in [-0.25, -0.2) is 4.98 Å². The number of aliphatic imine (C=N–C) groups is 1. The highest BCUT2D eigenvalue weighted by atomic mass is 32.1. The molecule has 1 amide bonds. The van der Waals surface area contributed by atoms with E-state index in [0.29, 0.717) is 18.1 Å². The molecule has 3 rings (SSSR count). The van der Waals surface area contributed by atoms with Crippen molar-refractivity contribution in [1.82, 2.24) is 15.2 Å². The van der Waals surface area contributed by atoms with Gasteiger partial charge in [0.25, 0.3) is 5.91 Å². The Hall–Kier alpha value is -2.61. The van der Waals surface area contributed by atoms with Crippen molar-refractivity contribution in [3.63, 3.8) is 0 Å². The van der Waals surface area contributed by atoms with Crippen LogP contribution in [0.1, 0.15) is 15.9 Å². The van der Waals surface area contributed by atoms with Gasteiger partial charge in [0.2, 0.25) is 0 Å². The number of benzene rings is 1. The van der Waals surface area contributed by atoms with E-state index in [2.05, 4.69) is 25.1 Å². The van der Waals surface area contributed by atoms with E-state index in [9.17, 15) is 4.79 Å². The minimum atomic E-state index is -0.0760. The van der Waals surface area contributed by atoms with Crippen molar-refractivity contribution in [2.45, 2.75) is 6.42 Å². The Morgan fingerprint density at radius 3 is 2.85 bits per heavy atom. The van der Waals surface area contributed by atoms with Crippen LogP contribution in [0.3, 0.4) is 0 Å².